The molecule has 0 unspecified atom stereocenters. The molecule has 0 amide bonds. The van der Waals surface area contributed by atoms with Crippen molar-refractivity contribution in [1.29, 1.82) is 5.41 Å². The first-order valence-electron chi connectivity index (χ1n) is 2.60. The van der Waals surface area contributed by atoms with Gasteiger partial charge in [0.25, 0.3) is 0 Å². The first kappa shape index (κ1) is 11.5. The lowest BCUT2D eigenvalue weighted by Crippen LogP contribution is -2.15. The molecule has 3 nitrogen and oxygen atoms in total. The van der Waals surface area contributed by atoms with Crippen molar-refractivity contribution in [2.45, 2.75) is 13.3 Å². The highest BCUT2D eigenvalue weighted by molar-refractivity contribution is 5.85. The van der Waals surface area contributed by atoms with Crippen LogP contribution in [0.25, 0.3) is 0 Å². The summed E-state index contributed by atoms with van der Waals surface area (Å²) >= 11 is 0. The first-order valence-corrected chi connectivity index (χ1v) is 2.60. The van der Waals surface area contributed by atoms with E-state index in [1.165, 1.54) is 0 Å². The van der Waals surface area contributed by atoms with Crippen LogP contribution >= 0.6 is 12.4 Å². The van der Waals surface area contributed by atoms with Gasteiger partial charge >= 0.3 is 0 Å². The van der Waals surface area contributed by atoms with E-state index >= 15 is 0 Å². The highest BCUT2D eigenvalue weighted by Gasteiger charge is 1.99. The Labute approximate surface area is 61.2 Å². The second-order valence-corrected chi connectivity index (χ2v) is 2.02. The predicted octanol–water partition coefficient (Wildman–Crippen LogP) is 0.363. The SMILES string of the molecule is C[C@@H](CO)CC(=N)N.Cl. The number of amidine groups is 1. The van der Waals surface area contributed by atoms with E-state index < -0.39 is 0 Å². The van der Waals surface area contributed by atoms with Crippen molar-refractivity contribution in [3.8, 4) is 0 Å². The topological polar surface area (TPSA) is 70.1 Å². The Hall–Kier alpha value is -0.280. The largest absolute Gasteiger partial charge is 0.396 e. The van der Waals surface area contributed by atoms with Crippen LogP contribution in [0.4, 0.5) is 0 Å². The average Bonchev–Trinajstić information content (AvgIpc) is 1.65. The number of hydrogen-bond donors (Lipinski definition) is 3. The molecule has 4 N–H and O–H groups in total. The number of aliphatic hydroxyl groups excluding tert-OH is 1. The van der Waals surface area contributed by atoms with Gasteiger partial charge in [0.2, 0.25) is 0 Å². The maximum Gasteiger partial charge on any atom is 0.0908 e. The van der Waals surface area contributed by atoms with E-state index in [9.17, 15) is 0 Å². The molecule has 0 aliphatic rings. The van der Waals surface area contributed by atoms with E-state index in [-0.39, 0.29) is 30.8 Å². The van der Waals surface area contributed by atoms with E-state index in [1.807, 2.05) is 6.92 Å². The van der Waals surface area contributed by atoms with E-state index in [1.54, 1.807) is 0 Å². The molecule has 0 fully saturated rings. The Morgan fingerprint density at radius 2 is 2.22 bits per heavy atom. The van der Waals surface area contributed by atoms with Crippen molar-refractivity contribution in [3.63, 3.8) is 0 Å². The van der Waals surface area contributed by atoms with Gasteiger partial charge in [0.05, 0.1) is 5.84 Å². The van der Waals surface area contributed by atoms with Crippen molar-refractivity contribution in [2.75, 3.05) is 6.61 Å². The second-order valence-electron chi connectivity index (χ2n) is 2.02. The Morgan fingerprint density at radius 1 is 1.78 bits per heavy atom. The van der Waals surface area contributed by atoms with Gasteiger partial charge < -0.3 is 10.8 Å². The van der Waals surface area contributed by atoms with Crippen molar-refractivity contribution in [3.05, 3.63) is 0 Å². The fraction of sp³-hybridized carbons (Fsp3) is 0.800. The highest BCUT2D eigenvalue weighted by atomic mass is 35.5. The minimum atomic E-state index is 0. The zero-order valence-corrected chi connectivity index (χ0v) is 6.24. The van der Waals surface area contributed by atoms with E-state index in [0.717, 1.165) is 0 Å². The molecular weight excluding hydrogens is 140 g/mol. The van der Waals surface area contributed by atoms with Crippen molar-refractivity contribution in [1.82, 2.24) is 0 Å². The van der Waals surface area contributed by atoms with E-state index in [2.05, 4.69) is 0 Å². The molecule has 0 aromatic heterocycles. The molecule has 0 rings (SSSR count). The molecular formula is C5H13ClN2O. The maximum absolute atomic E-state index is 8.43. The zero-order valence-electron chi connectivity index (χ0n) is 5.42. The lowest BCUT2D eigenvalue weighted by molar-refractivity contribution is 0.241. The predicted molar refractivity (Wildman–Crippen MR) is 40.0 cm³/mol. The smallest absolute Gasteiger partial charge is 0.0908 e. The normalized spacial score (nSPS) is 11.8. The van der Waals surface area contributed by atoms with Gasteiger partial charge in [0, 0.05) is 13.0 Å². The van der Waals surface area contributed by atoms with Crippen molar-refractivity contribution in [2.24, 2.45) is 11.7 Å². The van der Waals surface area contributed by atoms with Crippen molar-refractivity contribution < 1.29 is 5.11 Å². The Kier molecular flexibility index (Phi) is 7.48. The summed E-state index contributed by atoms with van der Waals surface area (Å²) in [6, 6.07) is 0. The summed E-state index contributed by atoms with van der Waals surface area (Å²) in [6.45, 7) is 1.96. The fourth-order valence-corrected chi connectivity index (χ4v) is 0.440. The molecule has 0 aromatic carbocycles. The van der Waals surface area contributed by atoms with Crippen LogP contribution in [0, 0.1) is 11.3 Å². The van der Waals surface area contributed by atoms with Crippen LogP contribution in [0.2, 0.25) is 0 Å². The van der Waals surface area contributed by atoms with Gasteiger partial charge in [-0.1, -0.05) is 6.92 Å². The summed E-state index contributed by atoms with van der Waals surface area (Å²) in [6.07, 6.45) is 0.497. The molecule has 0 radical (unpaired) electrons. The molecule has 0 bridgehead atoms. The average molecular weight is 153 g/mol. The third-order valence-corrected chi connectivity index (χ3v) is 0.880. The van der Waals surface area contributed by atoms with E-state index in [0.29, 0.717) is 6.42 Å². The number of hydrogen-bond acceptors (Lipinski definition) is 2. The number of rotatable bonds is 3. The molecule has 0 saturated carbocycles. The summed E-state index contributed by atoms with van der Waals surface area (Å²) in [4.78, 5) is 0. The molecule has 56 valence electrons. The standard InChI is InChI=1S/C5H12N2O.ClH/c1-4(3-8)2-5(6)7;/h4,8H,2-3H2,1H3,(H3,6,7);1H/t4-;/m1./s1. The quantitative estimate of drug-likeness (QED) is 0.404. The molecule has 0 aliphatic heterocycles. The van der Waals surface area contributed by atoms with E-state index in [4.69, 9.17) is 16.2 Å². The molecule has 4 heteroatoms. The minimum Gasteiger partial charge on any atom is -0.396 e. The minimum absolute atomic E-state index is 0. The van der Waals surface area contributed by atoms with Crippen LogP contribution in [0.5, 0.6) is 0 Å². The third kappa shape index (κ3) is 7.72. The maximum atomic E-state index is 8.43. The summed E-state index contributed by atoms with van der Waals surface area (Å²) < 4.78 is 0. The van der Waals surface area contributed by atoms with Crippen LogP contribution in [-0.2, 0) is 0 Å². The number of halogens is 1. The van der Waals surface area contributed by atoms with Crippen LogP contribution < -0.4 is 5.73 Å². The Balaban J connectivity index is 0. The fourth-order valence-electron chi connectivity index (χ4n) is 0.440. The monoisotopic (exact) mass is 152 g/mol. The third-order valence-electron chi connectivity index (χ3n) is 0.880. The molecule has 9 heavy (non-hydrogen) atoms. The highest BCUT2D eigenvalue weighted by Crippen LogP contribution is 1.96. The van der Waals surface area contributed by atoms with Crippen LogP contribution in [0.15, 0.2) is 0 Å². The molecule has 0 aromatic rings. The molecule has 0 saturated heterocycles. The summed E-state index contributed by atoms with van der Waals surface area (Å²) in [7, 11) is 0. The van der Waals surface area contributed by atoms with Gasteiger partial charge in [-0.05, 0) is 5.92 Å². The van der Waals surface area contributed by atoms with Gasteiger partial charge in [0.15, 0.2) is 0 Å². The van der Waals surface area contributed by atoms with Gasteiger partial charge in [-0.2, -0.15) is 0 Å². The second kappa shape index (κ2) is 5.85. The zero-order chi connectivity index (χ0) is 6.57. The summed E-state index contributed by atoms with van der Waals surface area (Å²) in [5.74, 6) is 0.277. The van der Waals surface area contributed by atoms with Crippen LogP contribution in [0.1, 0.15) is 13.3 Å². The number of nitrogens with one attached hydrogen (secondary N) is 1. The summed E-state index contributed by atoms with van der Waals surface area (Å²) in [5, 5.41) is 15.2. The molecule has 0 spiro atoms. The summed E-state index contributed by atoms with van der Waals surface area (Å²) in [5.41, 5.74) is 5.04. The van der Waals surface area contributed by atoms with Crippen LogP contribution in [0.3, 0.4) is 0 Å². The Morgan fingerprint density at radius 3 is 2.33 bits per heavy atom. The lowest BCUT2D eigenvalue weighted by atomic mass is 10.1. The van der Waals surface area contributed by atoms with Gasteiger partial charge in [-0.25, -0.2) is 0 Å². The van der Waals surface area contributed by atoms with Crippen molar-refractivity contribution >= 4 is 18.2 Å². The lowest BCUT2D eigenvalue weighted by Gasteiger charge is -2.03. The molecule has 0 aliphatic carbocycles. The van der Waals surface area contributed by atoms with Gasteiger partial charge in [0.1, 0.15) is 0 Å². The van der Waals surface area contributed by atoms with Gasteiger partial charge in [-0.3, -0.25) is 5.41 Å². The molecule has 0 heterocycles. The van der Waals surface area contributed by atoms with Gasteiger partial charge in [-0.15, -0.1) is 12.4 Å². The number of nitrogens with two attached hydrogens (primary N) is 1. The Bertz CT molecular complexity index is 87.0. The first-order chi connectivity index (χ1) is 3.66. The number of aliphatic hydroxyl groups is 1. The van der Waals surface area contributed by atoms with Crippen LogP contribution in [-0.4, -0.2) is 17.5 Å². The molecule has 1 atom stereocenters.